The molecule has 0 spiro atoms. The molecule has 78 valence electrons. The van der Waals surface area contributed by atoms with Gasteiger partial charge in [-0.1, -0.05) is 5.11 Å². The van der Waals surface area contributed by atoms with Crippen LogP contribution in [0.4, 0.5) is 5.00 Å². The van der Waals surface area contributed by atoms with Crippen LogP contribution in [0.2, 0.25) is 0 Å². The lowest BCUT2D eigenvalue weighted by Crippen LogP contribution is -2.17. The first-order chi connectivity index (χ1) is 7.15. The van der Waals surface area contributed by atoms with Crippen molar-refractivity contribution in [2.24, 2.45) is 10.8 Å². The van der Waals surface area contributed by atoms with E-state index in [1.54, 1.807) is 5.38 Å². The molecule has 0 radical (unpaired) electrons. The number of carbonyl (C=O) groups is 2. The highest BCUT2D eigenvalue weighted by Gasteiger charge is 2.11. The van der Waals surface area contributed by atoms with Crippen LogP contribution in [0.1, 0.15) is 10.4 Å². The van der Waals surface area contributed by atoms with E-state index in [4.69, 9.17) is 11.3 Å². The van der Waals surface area contributed by atoms with Gasteiger partial charge in [-0.15, -0.1) is 11.3 Å². The standard InChI is InChI=1S/C7H7N5O2S/c8-6(14)4-1-2-15-7(4)11-5(13)3-10-12-9/h1-2H,3H2,(H2,8,14)(H,11,13). The third-order valence-electron chi connectivity index (χ3n) is 1.46. The van der Waals surface area contributed by atoms with Crippen LogP contribution in [0.3, 0.4) is 0 Å². The number of nitrogens with zero attached hydrogens (tertiary/aromatic N) is 3. The summed E-state index contributed by atoms with van der Waals surface area (Å²) in [5.41, 5.74) is 13.3. The number of nitrogens with two attached hydrogens (primary N) is 1. The van der Waals surface area contributed by atoms with Gasteiger partial charge in [-0.05, 0) is 17.0 Å². The Morgan fingerprint density at radius 1 is 1.67 bits per heavy atom. The van der Waals surface area contributed by atoms with Gasteiger partial charge in [0.1, 0.15) is 11.5 Å². The van der Waals surface area contributed by atoms with Gasteiger partial charge in [-0.3, -0.25) is 9.59 Å². The van der Waals surface area contributed by atoms with Crippen LogP contribution >= 0.6 is 11.3 Å². The molecule has 1 rings (SSSR count). The molecule has 0 atom stereocenters. The average molecular weight is 225 g/mol. The molecule has 0 saturated heterocycles. The van der Waals surface area contributed by atoms with Crippen molar-refractivity contribution in [1.82, 2.24) is 0 Å². The topological polar surface area (TPSA) is 121 Å². The summed E-state index contributed by atoms with van der Waals surface area (Å²) in [7, 11) is 0. The fourth-order valence-corrected chi connectivity index (χ4v) is 1.67. The van der Waals surface area contributed by atoms with Crippen molar-refractivity contribution >= 4 is 28.2 Å². The van der Waals surface area contributed by atoms with Crippen molar-refractivity contribution in [1.29, 1.82) is 0 Å². The maximum atomic E-state index is 11.1. The number of nitrogens with one attached hydrogen (secondary N) is 1. The number of amides is 2. The Labute approximate surface area is 88.5 Å². The Bertz CT molecular complexity index is 434. The largest absolute Gasteiger partial charge is 0.366 e. The summed E-state index contributed by atoms with van der Waals surface area (Å²) >= 11 is 1.17. The Balaban J connectivity index is 2.72. The fourth-order valence-electron chi connectivity index (χ4n) is 0.862. The zero-order valence-corrected chi connectivity index (χ0v) is 8.32. The van der Waals surface area contributed by atoms with Crippen molar-refractivity contribution in [2.75, 3.05) is 11.9 Å². The van der Waals surface area contributed by atoms with Crippen LogP contribution in [0, 0.1) is 0 Å². The van der Waals surface area contributed by atoms with Crippen LogP contribution in [-0.2, 0) is 4.79 Å². The second-order valence-corrected chi connectivity index (χ2v) is 3.38. The SMILES string of the molecule is [N-]=[N+]=NCC(=O)Nc1sccc1C(N)=O. The Hall–Kier alpha value is -2.05. The van der Waals surface area contributed by atoms with Gasteiger partial charge < -0.3 is 11.1 Å². The normalized spacial score (nSPS) is 9.07. The maximum Gasteiger partial charge on any atom is 0.251 e. The number of thiophene rings is 1. The number of hydrogen-bond donors (Lipinski definition) is 2. The molecule has 0 aliphatic heterocycles. The second kappa shape index (κ2) is 4.99. The molecule has 2 amide bonds. The first-order valence-electron chi connectivity index (χ1n) is 3.83. The Kier molecular flexibility index (Phi) is 3.67. The van der Waals surface area contributed by atoms with Crippen molar-refractivity contribution in [3.63, 3.8) is 0 Å². The molecular weight excluding hydrogens is 218 g/mol. The number of anilines is 1. The minimum Gasteiger partial charge on any atom is -0.366 e. The van der Waals surface area contributed by atoms with E-state index in [1.807, 2.05) is 0 Å². The molecule has 7 nitrogen and oxygen atoms in total. The van der Waals surface area contributed by atoms with E-state index < -0.39 is 11.8 Å². The highest BCUT2D eigenvalue weighted by Crippen LogP contribution is 2.22. The van der Waals surface area contributed by atoms with Gasteiger partial charge in [0.2, 0.25) is 5.91 Å². The van der Waals surface area contributed by atoms with Crippen LogP contribution < -0.4 is 11.1 Å². The summed E-state index contributed by atoms with van der Waals surface area (Å²) in [5.74, 6) is -1.10. The molecule has 1 aromatic heterocycles. The molecule has 0 fully saturated rings. The monoisotopic (exact) mass is 225 g/mol. The number of rotatable bonds is 4. The number of primary amides is 1. The molecular formula is C7H7N5O2S. The summed E-state index contributed by atoms with van der Waals surface area (Å²) in [6.45, 7) is -0.313. The summed E-state index contributed by atoms with van der Waals surface area (Å²) in [5, 5.41) is 7.49. The molecule has 1 aromatic rings. The Morgan fingerprint density at radius 2 is 2.40 bits per heavy atom. The smallest absolute Gasteiger partial charge is 0.251 e. The van der Waals surface area contributed by atoms with Gasteiger partial charge in [0, 0.05) is 4.91 Å². The molecule has 0 saturated carbocycles. The van der Waals surface area contributed by atoms with E-state index in [2.05, 4.69) is 15.3 Å². The van der Waals surface area contributed by atoms with Gasteiger partial charge in [-0.25, -0.2) is 0 Å². The lowest BCUT2D eigenvalue weighted by Gasteiger charge is -2.01. The third-order valence-corrected chi connectivity index (χ3v) is 2.29. The van der Waals surface area contributed by atoms with E-state index >= 15 is 0 Å². The Morgan fingerprint density at radius 3 is 3.00 bits per heavy atom. The van der Waals surface area contributed by atoms with Gasteiger partial charge in [0.25, 0.3) is 5.91 Å². The van der Waals surface area contributed by atoms with Gasteiger partial charge in [0.15, 0.2) is 0 Å². The first kappa shape index (κ1) is 11.0. The summed E-state index contributed by atoms with van der Waals surface area (Å²) in [6, 6.07) is 1.51. The van der Waals surface area contributed by atoms with Crippen LogP contribution in [0.5, 0.6) is 0 Å². The molecule has 0 aliphatic rings. The van der Waals surface area contributed by atoms with E-state index in [0.717, 1.165) is 0 Å². The van der Waals surface area contributed by atoms with E-state index in [-0.39, 0.29) is 12.1 Å². The highest BCUT2D eigenvalue weighted by molar-refractivity contribution is 7.14. The number of carbonyl (C=O) groups excluding carboxylic acids is 2. The maximum absolute atomic E-state index is 11.1. The highest BCUT2D eigenvalue weighted by atomic mass is 32.1. The second-order valence-electron chi connectivity index (χ2n) is 2.46. The quantitative estimate of drug-likeness (QED) is 0.452. The minimum absolute atomic E-state index is 0.245. The lowest BCUT2D eigenvalue weighted by molar-refractivity contribution is -0.114. The minimum atomic E-state index is -0.615. The number of hydrogen-bond acceptors (Lipinski definition) is 4. The van der Waals surface area contributed by atoms with Crippen molar-refractivity contribution < 1.29 is 9.59 Å². The molecule has 0 unspecified atom stereocenters. The molecule has 3 N–H and O–H groups in total. The molecule has 1 heterocycles. The summed E-state index contributed by atoms with van der Waals surface area (Å²) < 4.78 is 0. The molecule has 0 aromatic carbocycles. The summed E-state index contributed by atoms with van der Waals surface area (Å²) in [4.78, 5) is 24.4. The molecule has 15 heavy (non-hydrogen) atoms. The van der Waals surface area contributed by atoms with E-state index in [0.29, 0.717) is 5.00 Å². The molecule has 0 aliphatic carbocycles. The van der Waals surface area contributed by atoms with Crippen molar-refractivity contribution in [3.8, 4) is 0 Å². The summed E-state index contributed by atoms with van der Waals surface area (Å²) in [6.07, 6.45) is 0. The predicted octanol–water partition coefficient (Wildman–Crippen LogP) is 1.10. The van der Waals surface area contributed by atoms with Gasteiger partial charge in [-0.2, -0.15) is 0 Å². The van der Waals surface area contributed by atoms with Gasteiger partial charge >= 0.3 is 0 Å². The third kappa shape index (κ3) is 2.97. The molecule has 0 bridgehead atoms. The van der Waals surface area contributed by atoms with E-state index in [1.165, 1.54) is 17.4 Å². The zero-order valence-electron chi connectivity index (χ0n) is 7.51. The van der Waals surface area contributed by atoms with Crippen LogP contribution in [-0.4, -0.2) is 18.4 Å². The van der Waals surface area contributed by atoms with Crippen LogP contribution in [0.15, 0.2) is 16.6 Å². The van der Waals surface area contributed by atoms with Crippen molar-refractivity contribution in [3.05, 3.63) is 27.5 Å². The predicted molar refractivity (Wildman–Crippen MR) is 55.5 cm³/mol. The van der Waals surface area contributed by atoms with Crippen molar-refractivity contribution in [2.45, 2.75) is 0 Å². The van der Waals surface area contributed by atoms with Gasteiger partial charge in [0.05, 0.1) is 5.56 Å². The average Bonchev–Trinajstić information content (AvgIpc) is 2.62. The fraction of sp³-hybridized carbons (Fsp3) is 0.143. The number of azide groups is 1. The van der Waals surface area contributed by atoms with E-state index in [9.17, 15) is 9.59 Å². The lowest BCUT2D eigenvalue weighted by atomic mass is 10.3. The molecule has 8 heteroatoms. The van der Waals surface area contributed by atoms with Crippen LogP contribution in [0.25, 0.3) is 10.4 Å². The zero-order chi connectivity index (χ0) is 11.3. The first-order valence-corrected chi connectivity index (χ1v) is 4.71.